The molecule has 0 aromatic carbocycles. The molecule has 1 aliphatic heterocycles. The number of pyridine rings is 1. The van der Waals surface area contributed by atoms with Gasteiger partial charge in [-0.1, -0.05) is 0 Å². The number of hydrogen-bond donors (Lipinski definition) is 2. The molecule has 0 radical (unpaired) electrons. The van der Waals surface area contributed by atoms with Crippen molar-refractivity contribution >= 4 is 11.6 Å². The summed E-state index contributed by atoms with van der Waals surface area (Å²) in [6.07, 6.45) is 1.14. The van der Waals surface area contributed by atoms with E-state index in [1.54, 1.807) is 19.2 Å². The van der Waals surface area contributed by atoms with Gasteiger partial charge < -0.3 is 15.3 Å². The SMILES string of the molecule is CC(O)c1ccc(N2CCNC(=O)C2)cn1. The molecule has 0 saturated carbocycles. The summed E-state index contributed by atoms with van der Waals surface area (Å²) < 4.78 is 0. The fourth-order valence-corrected chi connectivity index (χ4v) is 1.69. The first-order chi connectivity index (χ1) is 7.66. The lowest BCUT2D eigenvalue weighted by Crippen LogP contribution is -2.47. The van der Waals surface area contributed by atoms with Crippen molar-refractivity contribution in [1.29, 1.82) is 0 Å². The third kappa shape index (κ3) is 2.30. The van der Waals surface area contributed by atoms with Crippen LogP contribution in [0, 0.1) is 0 Å². The van der Waals surface area contributed by atoms with Crippen molar-refractivity contribution in [2.24, 2.45) is 0 Å². The van der Waals surface area contributed by atoms with Crippen molar-refractivity contribution in [3.05, 3.63) is 24.0 Å². The smallest absolute Gasteiger partial charge is 0.239 e. The molecule has 16 heavy (non-hydrogen) atoms. The molecule has 2 rings (SSSR count). The van der Waals surface area contributed by atoms with Gasteiger partial charge in [0.05, 0.1) is 30.2 Å². The normalized spacial score (nSPS) is 18.1. The molecule has 1 atom stereocenters. The molecule has 86 valence electrons. The standard InChI is InChI=1S/C11H15N3O2/c1-8(15)10-3-2-9(6-13-10)14-5-4-12-11(16)7-14/h2-3,6,8,15H,4-5,7H2,1H3,(H,12,16). The van der Waals surface area contributed by atoms with Gasteiger partial charge in [0, 0.05) is 13.1 Å². The van der Waals surface area contributed by atoms with Crippen LogP contribution < -0.4 is 10.2 Å². The van der Waals surface area contributed by atoms with Crippen LogP contribution in [0.15, 0.2) is 18.3 Å². The van der Waals surface area contributed by atoms with E-state index >= 15 is 0 Å². The Balaban J connectivity index is 2.11. The van der Waals surface area contributed by atoms with E-state index in [4.69, 9.17) is 0 Å². The summed E-state index contributed by atoms with van der Waals surface area (Å²) in [5, 5.41) is 12.1. The van der Waals surface area contributed by atoms with E-state index in [-0.39, 0.29) is 5.91 Å². The van der Waals surface area contributed by atoms with Crippen LogP contribution in [0.25, 0.3) is 0 Å². The maximum atomic E-state index is 11.2. The number of carbonyl (C=O) groups excluding carboxylic acids is 1. The molecule has 0 aliphatic carbocycles. The Bertz CT molecular complexity index is 375. The molecule has 1 unspecified atom stereocenters. The maximum Gasteiger partial charge on any atom is 0.239 e. The number of hydrogen-bond acceptors (Lipinski definition) is 4. The molecule has 1 amide bonds. The average Bonchev–Trinajstić information content (AvgIpc) is 2.29. The molecule has 1 saturated heterocycles. The highest BCUT2D eigenvalue weighted by Gasteiger charge is 2.16. The van der Waals surface area contributed by atoms with Crippen molar-refractivity contribution in [2.45, 2.75) is 13.0 Å². The molecule has 1 fully saturated rings. The maximum absolute atomic E-state index is 11.2. The number of aromatic nitrogens is 1. The highest BCUT2D eigenvalue weighted by atomic mass is 16.3. The van der Waals surface area contributed by atoms with E-state index in [0.29, 0.717) is 18.8 Å². The second-order valence-electron chi connectivity index (χ2n) is 3.89. The summed E-state index contributed by atoms with van der Waals surface area (Å²) in [6.45, 7) is 3.50. The van der Waals surface area contributed by atoms with Gasteiger partial charge in [0.25, 0.3) is 0 Å². The predicted octanol–water partition coefficient (Wildman–Crippen LogP) is 0.0711. The number of rotatable bonds is 2. The van der Waals surface area contributed by atoms with E-state index < -0.39 is 6.10 Å². The molecule has 0 spiro atoms. The lowest BCUT2D eigenvalue weighted by atomic mass is 10.2. The summed E-state index contributed by atoms with van der Waals surface area (Å²) in [5.41, 5.74) is 1.56. The number of carbonyl (C=O) groups is 1. The minimum Gasteiger partial charge on any atom is -0.387 e. The van der Waals surface area contributed by atoms with Crippen LogP contribution in [-0.4, -0.2) is 35.6 Å². The van der Waals surface area contributed by atoms with Crippen LogP contribution in [0.5, 0.6) is 0 Å². The molecular formula is C11H15N3O2. The largest absolute Gasteiger partial charge is 0.387 e. The molecule has 1 aromatic rings. The third-order valence-corrected chi connectivity index (χ3v) is 2.60. The minimum absolute atomic E-state index is 0.0332. The van der Waals surface area contributed by atoms with Crippen LogP contribution in [0.2, 0.25) is 0 Å². The fraction of sp³-hybridized carbons (Fsp3) is 0.455. The van der Waals surface area contributed by atoms with Crippen LogP contribution in [0.1, 0.15) is 18.7 Å². The number of aliphatic hydroxyl groups is 1. The summed E-state index contributed by atoms with van der Waals surface area (Å²) in [6, 6.07) is 3.67. The molecule has 2 heterocycles. The molecule has 2 N–H and O–H groups in total. The monoisotopic (exact) mass is 221 g/mol. The zero-order valence-corrected chi connectivity index (χ0v) is 9.18. The first kappa shape index (κ1) is 10.9. The van der Waals surface area contributed by atoms with Gasteiger partial charge in [-0.3, -0.25) is 9.78 Å². The second kappa shape index (κ2) is 4.49. The number of aliphatic hydroxyl groups excluding tert-OH is 1. The zero-order chi connectivity index (χ0) is 11.5. The number of amides is 1. The Kier molecular flexibility index (Phi) is 3.05. The van der Waals surface area contributed by atoms with E-state index in [9.17, 15) is 9.90 Å². The number of anilines is 1. The van der Waals surface area contributed by atoms with Crippen molar-refractivity contribution in [1.82, 2.24) is 10.3 Å². The van der Waals surface area contributed by atoms with Gasteiger partial charge in [-0.15, -0.1) is 0 Å². The van der Waals surface area contributed by atoms with Crippen molar-refractivity contribution in [3.8, 4) is 0 Å². The Morgan fingerprint density at radius 2 is 2.38 bits per heavy atom. The number of nitrogens with one attached hydrogen (secondary N) is 1. The number of piperazine rings is 1. The minimum atomic E-state index is -0.557. The van der Waals surface area contributed by atoms with Crippen LogP contribution in [0.3, 0.4) is 0 Å². The molecule has 5 nitrogen and oxygen atoms in total. The number of nitrogens with zero attached hydrogens (tertiary/aromatic N) is 2. The first-order valence-corrected chi connectivity index (χ1v) is 5.32. The van der Waals surface area contributed by atoms with Gasteiger partial charge in [0.15, 0.2) is 0 Å². The summed E-state index contributed by atoms with van der Waals surface area (Å²) in [4.78, 5) is 17.3. The summed E-state index contributed by atoms with van der Waals surface area (Å²) >= 11 is 0. The van der Waals surface area contributed by atoms with Gasteiger partial charge in [0.1, 0.15) is 0 Å². The Labute approximate surface area is 94.1 Å². The molecule has 1 aromatic heterocycles. The van der Waals surface area contributed by atoms with Crippen molar-refractivity contribution in [3.63, 3.8) is 0 Å². The predicted molar refractivity (Wildman–Crippen MR) is 60.1 cm³/mol. The molecule has 5 heteroatoms. The van der Waals surface area contributed by atoms with E-state index in [1.807, 2.05) is 11.0 Å². The Morgan fingerprint density at radius 3 is 2.94 bits per heavy atom. The van der Waals surface area contributed by atoms with Gasteiger partial charge in [-0.25, -0.2) is 0 Å². The Hall–Kier alpha value is -1.62. The Morgan fingerprint density at radius 1 is 1.56 bits per heavy atom. The average molecular weight is 221 g/mol. The molecule has 0 bridgehead atoms. The van der Waals surface area contributed by atoms with Crippen LogP contribution >= 0.6 is 0 Å². The van der Waals surface area contributed by atoms with Gasteiger partial charge in [-0.2, -0.15) is 0 Å². The quantitative estimate of drug-likeness (QED) is 0.741. The van der Waals surface area contributed by atoms with Gasteiger partial charge in [0.2, 0.25) is 5.91 Å². The molecule has 1 aliphatic rings. The summed E-state index contributed by atoms with van der Waals surface area (Å²) in [7, 11) is 0. The highest BCUT2D eigenvalue weighted by Crippen LogP contribution is 2.16. The topological polar surface area (TPSA) is 65.5 Å². The van der Waals surface area contributed by atoms with Crippen LogP contribution in [-0.2, 0) is 4.79 Å². The fourth-order valence-electron chi connectivity index (χ4n) is 1.69. The lowest BCUT2D eigenvalue weighted by molar-refractivity contribution is -0.120. The van der Waals surface area contributed by atoms with E-state index in [1.165, 1.54) is 0 Å². The third-order valence-electron chi connectivity index (χ3n) is 2.60. The van der Waals surface area contributed by atoms with E-state index in [2.05, 4.69) is 10.3 Å². The second-order valence-corrected chi connectivity index (χ2v) is 3.89. The van der Waals surface area contributed by atoms with Crippen LogP contribution in [0.4, 0.5) is 5.69 Å². The van der Waals surface area contributed by atoms with Crippen molar-refractivity contribution in [2.75, 3.05) is 24.5 Å². The zero-order valence-electron chi connectivity index (χ0n) is 9.18. The molecular weight excluding hydrogens is 206 g/mol. The van der Waals surface area contributed by atoms with Gasteiger partial charge in [-0.05, 0) is 19.1 Å². The first-order valence-electron chi connectivity index (χ1n) is 5.32. The van der Waals surface area contributed by atoms with Gasteiger partial charge >= 0.3 is 0 Å². The lowest BCUT2D eigenvalue weighted by Gasteiger charge is -2.28. The van der Waals surface area contributed by atoms with Crippen molar-refractivity contribution < 1.29 is 9.90 Å². The summed E-state index contributed by atoms with van der Waals surface area (Å²) in [5.74, 6) is 0.0332. The highest BCUT2D eigenvalue weighted by molar-refractivity contribution is 5.82. The van der Waals surface area contributed by atoms with E-state index in [0.717, 1.165) is 12.2 Å².